The largest absolute Gasteiger partial charge is 0.488 e. The number of halogens is 2. The van der Waals surface area contributed by atoms with Crippen molar-refractivity contribution in [1.82, 2.24) is 14.5 Å². The quantitative estimate of drug-likeness (QED) is 0.316. The summed E-state index contributed by atoms with van der Waals surface area (Å²) in [5, 5.41) is 3.69. The van der Waals surface area contributed by atoms with Crippen molar-refractivity contribution in [2.24, 2.45) is 0 Å². The van der Waals surface area contributed by atoms with E-state index in [1.54, 1.807) is 36.2 Å². The van der Waals surface area contributed by atoms with E-state index in [1.165, 1.54) is 4.31 Å². The molecule has 3 aromatic carbocycles. The zero-order valence-corrected chi connectivity index (χ0v) is 25.4. The van der Waals surface area contributed by atoms with Gasteiger partial charge >= 0.3 is 6.03 Å². The summed E-state index contributed by atoms with van der Waals surface area (Å²) in [6, 6.07) is 17.8. The number of nitrogens with zero attached hydrogens (tertiary/aromatic N) is 2. The van der Waals surface area contributed by atoms with E-state index in [0.29, 0.717) is 31.1 Å². The van der Waals surface area contributed by atoms with Gasteiger partial charge in [-0.05, 0) is 73.7 Å². The van der Waals surface area contributed by atoms with Gasteiger partial charge in [0.2, 0.25) is 10.0 Å². The van der Waals surface area contributed by atoms with Gasteiger partial charge in [-0.15, -0.1) is 0 Å². The van der Waals surface area contributed by atoms with Crippen molar-refractivity contribution in [3.05, 3.63) is 92.4 Å². The highest BCUT2D eigenvalue weighted by atomic mass is 79.9. The molecule has 1 heterocycles. The van der Waals surface area contributed by atoms with Crippen LogP contribution in [0.15, 0.2) is 70.0 Å². The fraction of sp³-hybridized carbons (Fsp3) is 0.345. The number of hydrogen-bond acceptors (Lipinski definition) is 4. The van der Waals surface area contributed by atoms with Crippen LogP contribution in [0, 0.1) is 13.8 Å². The van der Waals surface area contributed by atoms with E-state index in [4.69, 9.17) is 16.3 Å². The Bertz CT molecular complexity index is 1410. The molecule has 208 valence electrons. The van der Waals surface area contributed by atoms with Gasteiger partial charge in [0.05, 0.1) is 4.90 Å². The van der Waals surface area contributed by atoms with Crippen LogP contribution in [-0.2, 0) is 23.2 Å². The molecule has 3 aromatic rings. The second kappa shape index (κ2) is 12.7. The summed E-state index contributed by atoms with van der Waals surface area (Å²) in [4.78, 5) is 14.9. The molecular weight excluding hydrogens is 602 g/mol. The Morgan fingerprint density at radius 1 is 1.13 bits per heavy atom. The molecule has 2 amide bonds. The maximum absolute atomic E-state index is 13.1. The normalized spacial score (nSPS) is 16.1. The van der Waals surface area contributed by atoms with E-state index in [9.17, 15) is 13.2 Å². The first kappa shape index (κ1) is 29.4. The van der Waals surface area contributed by atoms with Crippen molar-refractivity contribution in [2.45, 2.75) is 50.8 Å². The fourth-order valence-electron chi connectivity index (χ4n) is 4.79. The van der Waals surface area contributed by atoms with Gasteiger partial charge in [-0.1, -0.05) is 57.9 Å². The lowest BCUT2D eigenvalue weighted by molar-refractivity contribution is 0.194. The summed E-state index contributed by atoms with van der Waals surface area (Å²) in [7, 11) is -1.89. The molecule has 0 saturated carbocycles. The van der Waals surface area contributed by atoms with Gasteiger partial charge in [0.15, 0.2) is 0 Å². The molecule has 1 aliphatic rings. The zero-order chi connectivity index (χ0) is 28.2. The molecular formula is C29H33BrClN3O4S. The molecule has 0 spiro atoms. The number of benzene rings is 3. The Morgan fingerprint density at radius 3 is 2.46 bits per heavy atom. The first-order chi connectivity index (χ1) is 18.5. The monoisotopic (exact) mass is 633 g/mol. The fourth-order valence-corrected chi connectivity index (χ4v) is 6.77. The number of urea groups is 1. The molecule has 0 radical (unpaired) electrons. The first-order valence-electron chi connectivity index (χ1n) is 12.8. The van der Waals surface area contributed by atoms with Gasteiger partial charge in [-0.3, -0.25) is 0 Å². The second-order valence-corrected chi connectivity index (χ2v) is 13.2. The van der Waals surface area contributed by atoms with Crippen molar-refractivity contribution in [1.29, 1.82) is 0 Å². The summed E-state index contributed by atoms with van der Waals surface area (Å²) in [5.41, 5.74) is 3.86. The van der Waals surface area contributed by atoms with Crippen LogP contribution in [-0.4, -0.2) is 49.8 Å². The third-order valence-corrected chi connectivity index (χ3v) is 9.56. The topological polar surface area (TPSA) is 79.0 Å². The Labute approximate surface area is 244 Å². The highest BCUT2D eigenvalue weighted by Crippen LogP contribution is 2.28. The lowest BCUT2D eigenvalue weighted by Crippen LogP contribution is -2.51. The molecule has 39 heavy (non-hydrogen) atoms. The van der Waals surface area contributed by atoms with Gasteiger partial charge in [0, 0.05) is 47.8 Å². The molecule has 1 unspecified atom stereocenters. The number of ether oxygens (including phenoxy) is 1. The molecule has 1 fully saturated rings. The van der Waals surface area contributed by atoms with Gasteiger partial charge in [-0.25, -0.2) is 13.2 Å². The maximum Gasteiger partial charge on any atom is 0.317 e. The SMILES string of the molecule is Cc1cc(CN(C)C(=O)NC2CCCN(S(=O)(=O)c3ccc(Br)cc3)C2)cc(C)c1OCc1ccccc1Cl. The van der Waals surface area contributed by atoms with Crippen molar-refractivity contribution in [3.63, 3.8) is 0 Å². The standard InChI is InChI=1S/C29H33BrClN3O4S/c1-20-15-22(16-21(2)28(20)38-19-23-7-4-5-9-27(23)31)17-33(3)29(35)32-25-8-6-14-34(18-25)39(36,37)26-12-10-24(30)11-13-26/h4-5,7,9-13,15-16,25H,6,8,14,17-19H2,1-3H3,(H,32,35). The van der Waals surface area contributed by atoms with Gasteiger partial charge in [-0.2, -0.15) is 4.31 Å². The predicted molar refractivity (Wildman–Crippen MR) is 158 cm³/mol. The molecule has 1 saturated heterocycles. The minimum absolute atomic E-state index is 0.239. The van der Waals surface area contributed by atoms with Crippen molar-refractivity contribution in [3.8, 4) is 5.75 Å². The number of hydrogen-bond donors (Lipinski definition) is 1. The van der Waals surface area contributed by atoms with E-state index in [1.807, 2.05) is 50.2 Å². The van der Waals surface area contributed by atoms with E-state index in [-0.39, 0.29) is 23.5 Å². The van der Waals surface area contributed by atoms with Crippen molar-refractivity contribution < 1.29 is 17.9 Å². The van der Waals surface area contributed by atoms with Gasteiger partial charge < -0.3 is 15.0 Å². The average Bonchev–Trinajstić information content (AvgIpc) is 2.89. The lowest BCUT2D eigenvalue weighted by atomic mass is 10.1. The summed E-state index contributed by atoms with van der Waals surface area (Å²) in [5.74, 6) is 0.806. The molecule has 1 N–H and O–H groups in total. The van der Waals surface area contributed by atoms with Crippen LogP contribution >= 0.6 is 27.5 Å². The molecule has 7 nitrogen and oxygen atoms in total. The summed E-state index contributed by atoms with van der Waals surface area (Å²) in [6.45, 7) is 5.44. The van der Waals surface area contributed by atoms with Crippen LogP contribution in [0.25, 0.3) is 0 Å². The third-order valence-electron chi connectivity index (χ3n) is 6.78. The van der Waals surface area contributed by atoms with Crippen LogP contribution in [0.5, 0.6) is 5.75 Å². The minimum atomic E-state index is -3.63. The van der Waals surface area contributed by atoms with E-state index < -0.39 is 10.0 Å². The van der Waals surface area contributed by atoms with Gasteiger partial charge in [0.1, 0.15) is 12.4 Å². The second-order valence-electron chi connectivity index (χ2n) is 9.90. The molecule has 1 aliphatic heterocycles. The van der Waals surface area contributed by atoms with Crippen LogP contribution in [0.3, 0.4) is 0 Å². The maximum atomic E-state index is 13.1. The van der Waals surface area contributed by atoms with E-state index in [2.05, 4.69) is 21.2 Å². The Balaban J connectivity index is 1.35. The molecule has 10 heteroatoms. The Morgan fingerprint density at radius 2 is 1.79 bits per heavy atom. The summed E-state index contributed by atoms with van der Waals surface area (Å²) >= 11 is 9.60. The number of aryl methyl sites for hydroxylation is 2. The van der Waals surface area contributed by atoms with Crippen LogP contribution < -0.4 is 10.1 Å². The van der Waals surface area contributed by atoms with Crippen LogP contribution in [0.2, 0.25) is 5.02 Å². The van der Waals surface area contributed by atoms with Gasteiger partial charge in [0.25, 0.3) is 0 Å². The number of nitrogens with one attached hydrogen (secondary N) is 1. The minimum Gasteiger partial charge on any atom is -0.488 e. The third kappa shape index (κ3) is 7.33. The number of amides is 2. The number of carbonyl (C=O) groups excluding carboxylic acids is 1. The average molecular weight is 635 g/mol. The summed E-state index contributed by atoms with van der Waals surface area (Å²) in [6.07, 6.45) is 1.40. The van der Waals surface area contributed by atoms with E-state index >= 15 is 0 Å². The molecule has 0 aromatic heterocycles. The van der Waals surface area contributed by atoms with Crippen LogP contribution in [0.4, 0.5) is 4.79 Å². The number of sulfonamides is 1. The number of piperidine rings is 1. The van der Waals surface area contributed by atoms with Crippen molar-refractivity contribution >= 4 is 43.6 Å². The smallest absolute Gasteiger partial charge is 0.317 e. The molecule has 0 bridgehead atoms. The van der Waals surface area contributed by atoms with Crippen molar-refractivity contribution in [2.75, 3.05) is 20.1 Å². The van der Waals surface area contributed by atoms with Crippen LogP contribution in [0.1, 0.15) is 35.1 Å². The highest BCUT2D eigenvalue weighted by Gasteiger charge is 2.31. The lowest BCUT2D eigenvalue weighted by Gasteiger charge is -2.33. The number of rotatable bonds is 8. The molecule has 1 atom stereocenters. The zero-order valence-electron chi connectivity index (χ0n) is 22.3. The predicted octanol–water partition coefficient (Wildman–Crippen LogP) is 6.29. The van der Waals surface area contributed by atoms with E-state index in [0.717, 1.165) is 38.9 Å². The summed E-state index contributed by atoms with van der Waals surface area (Å²) < 4.78 is 34.6. The Hall–Kier alpha value is -2.59. The highest BCUT2D eigenvalue weighted by molar-refractivity contribution is 9.10. The number of carbonyl (C=O) groups is 1. The first-order valence-corrected chi connectivity index (χ1v) is 15.4. The molecule has 4 rings (SSSR count). The Kier molecular flexibility index (Phi) is 9.59. The molecule has 0 aliphatic carbocycles.